The van der Waals surface area contributed by atoms with Crippen LogP contribution in [0.4, 0.5) is 0 Å². The minimum Gasteiger partial charge on any atom is -0.493 e. The highest BCUT2D eigenvalue weighted by molar-refractivity contribution is 7.89. The summed E-state index contributed by atoms with van der Waals surface area (Å²) in [6, 6.07) is 10.7. The molecule has 0 bridgehead atoms. The van der Waals surface area contributed by atoms with E-state index in [2.05, 4.69) is 9.71 Å². The van der Waals surface area contributed by atoms with Gasteiger partial charge in [-0.05, 0) is 46.8 Å². The highest BCUT2D eigenvalue weighted by Crippen LogP contribution is 2.28. The van der Waals surface area contributed by atoms with E-state index in [0.29, 0.717) is 6.61 Å². The number of sulfonamides is 1. The van der Waals surface area contributed by atoms with Crippen molar-refractivity contribution in [2.24, 2.45) is 0 Å². The van der Waals surface area contributed by atoms with Gasteiger partial charge in [-0.2, -0.15) is 11.3 Å². The van der Waals surface area contributed by atoms with Crippen LogP contribution >= 0.6 is 11.3 Å². The van der Waals surface area contributed by atoms with E-state index in [1.165, 1.54) is 0 Å². The van der Waals surface area contributed by atoms with Gasteiger partial charge >= 0.3 is 0 Å². The van der Waals surface area contributed by atoms with Crippen LogP contribution in [-0.2, 0) is 23.0 Å². The number of pyridine rings is 1. The Morgan fingerprint density at radius 2 is 2.16 bits per heavy atom. The van der Waals surface area contributed by atoms with Gasteiger partial charge < -0.3 is 4.74 Å². The molecule has 5 nitrogen and oxygen atoms in total. The first-order chi connectivity index (χ1) is 12.1. The summed E-state index contributed by atoms with van der Waals surface area (Å²) in [5.41, 5.74) is 3.57. The van der Waals surface area contributed by atoms with Crippen molar-refractivity contribution in [2.75, 3.05) is 6.61 Å². The SMILES string of the molecule is O=S(=O)(NCc1cccnc1-c1ccsc1)c1ccc2c(c1)CCO2. The van der Waals surface area contributed by atoms with Crippen LogP contribution in [0.3, 0.4) is 0 Å². The number of benzene rings is 1. The van der Waals surface area contributed by atoms with E-state index in [4.69, 9.17) is 4.74 Å². The molecule has 1 aliphatic heterocycles. The zero-order chi connectivity index (χ0) is 17.3. The fourth-order valence-electron chi connectivity index (χ4n) is 2.83. The minimum absolute atomic E-state index is 0.189. The fourth-order valence-corrected chi connectivity index (χ4v) is 4.52. The molecular weight excluding hydrogens is 356 g/mol. The van der Waals surface area contributed by atoms with Crippen LogP contribution in [0.15, 0.2) is 58.3 Å². The van der Waals surface area contributed by atoms with Gasteiger partial charge in [0.05, 0.1) is 17.2 Å². The number of thiophene rings is 1. The summed E-state index contributed by atoms with van der Waals surface area (Å²) in [6.45, 7) is 0.793. The van der Waals surface area contributed by atoms with Crippen molar-refractivity contribution in [1.29, 1.82) is 0 Å². The maximum atomic E-state index is 12.6. The summed E-state index contributed by atoms with van der Waals surface area (Å²) in [7, 11) is -3.60. The van der Waals surface area contributed by atoms with Crippen LogP contribution in [0.1, 0.15) is 11.1 Å². The summed E-state index contributed by atoms with van der Waals surface area (Å²) in [5, 5.41) is 3.98. The highest BCUT2D eigenvalue weighted by atomic mass is 32.2. The molecule has 0 atom stereocenters. The van der Waals surface area contributed by atoms with Crippen molar-refractivity contribution in [3.8, 4) is 17.0 Å². The van der Waals surface area contributed by atoms with E-state index < -0.39 is 10.0 Å². The second-order valence-corrected chi connectivity index (χ2v) is 8.26. The molecule has 3 heterocycles. The number of ether oxygens (including phenoxy) is 1. The molecule has 4 rings (SSSR count). The Balaban J connectivity index is 1.57. The van der Waals surface area contributed by atoms with Gasteiger partial charge in [-0.15, -0.1) is 0 Å². The zero-order valence-electron chi connectivity index (χ0n) is 13.3. The van der Waals surface area contributed by atoms with Gasteiger partial charge in [0.2, 0.25) is 10.0 Å². The van der Waals surface area contributed by atoms with Crippen LogP contribution in [0, 0.1) is 0 Å². The Kier molecular flexibility index (Phi) is 4.29. The third kappa shape index (κ3) is 3.30. The van der Waals surface area contributed by atoms with Gasteiger partial charge in [0.1, 0.15) is 5.75 Å². The molecule has 0 saturated heterocycles. The molecule has 0 unspecified atom stereocenters. The molecule has 128 valence electrons. The smallest absolute Gasteiger partial charge is 0.240 e. The van der Waals surface area contributed by atoms with Crippen molar-refractivity contribution >= 4 is 21.4 Å². The Bertz CT molecular complexity index is 999. The normalized spacial score (nSPS) is 13.4. The van der Waals surface area contributed by atoms with E-state index in [-0.39, 0.29) is 11.4 Å². The average molecular weight is 372 g/mol. The maximum absolute atomic E-state index is 12.6. The molecule has 0 amide bonds. The lowest BCUT2D eigenvalue weighted by atomic mass is 10.1. The highest BCUT2D eigenvalue weighted by Gasteiger charge is 2.19. The first-order valence-electron chi connectivity index (χ1n) is 7.85. The number of hydrogen-bond donors (Lipinski definition) is 1. The molecule has 2 aromatic heterocycles. The Morgan fingerprint density at radius 1 is 1.24 bits per heavy atom. The number of aromatic nitrogens is 1. The Hall–Kier alpha value is -2.22. The van der Waals surface area contributed by atoms with Crippen molar-refractivity contribution in [3.05, 3.63) is 64.5 Å². The van der Waals surface area contributed by atoms with Gasteiger partial charge in [-0.3, -0.25) is 4.98 Å². The van der Waals surface area contributed by atoms with Gasteiger partial charge in [0.15, 0.2) is 0 Å². The largest absolute Gasteiger partial charge is 0.493 e. The van der Waals surface area contributed by atoms with E-state index in [1.54, 1.807) is 35.7 Å². The van der Waals surface area contributed by atoms with Crippen LogP contribution < -0.4 is 9.46 Å². The van der Waals surface area contributed by atoms with Crippen molar-refractivity contribution in [2.45, 2.75) is 17.9 Å². The van der Waals surface area contributed by atoms with Crippen LogP contribution in [-0.4, -0.2) is 20.0 Å². The molecule has 3 aromatic rings. The van der Waals surface area contributed by atoms with Crippen LogP contribution in [0.5, 0.6) is 5.75 Å². The standard InChI is InChI=1S/C18H16N2O3S2/c21-25(22,16-3-4-17-13(10-16)5-8-23-17)20-11-14-2-1-7-19-18(14)15-6-9-24-12-15/h1-4,6-7,9-10,12,20H,5,8,11H2. The fraction of sp³-hybridized carbons (Fsp3) is 0.167. The predicted molar refractivity (Wildman–Crippen MR) is 97.2 cm³/mol. The molecule has 1 aromatic carbocycles. The van der Waals surface area contributed by atoms with Crippen molar-refractivity contribution in [3.63, 3.8) is 0 Å². The predicted octanol–water partition coefficient (Wildman–Crippen LogP) is 3.22. The van der Waals surface area contributed by atoms with Gasteiger partial charge in [-0.1, -0.05) is 6.07 Å². The third-order valence-electron chi connectivity index (χ3n) is 4.11. The monoisotopic (exact) mass is 372 g/mol. The topological polar surface area (TPSA) is 68.3 Å². The van der Waals surface area contributed by atoms with E-state index >= 15 is 0 Å². The summed E-state index contributed by atoms with van der Waals surface area (Å²) in [4.78, 5) is 4.66. The van der Waals surface area contributed by atoms with Gasteiger partial charge in [0, 0.05) is 30.1 Å². The molecule has 7 heteroatoms. The number of hydrogen-bond acceptors (Lipinski definition) is 5. The second-order valence-electron chi connectivity index (χ2n) is 5.72. The first kappa shape index (κ1) is 16.3. The third-order valence-corrected chi connectivity index (χ3v) is 6.19. The van der Waals surface area contributed by atoms with Gasteiger partial charge in [-0.25, -0.2) is 13.1 Å². The van der Waals surface area contributed by atoms with Gasteiger partial charge in [0.25, 0.3) is 0 Å². The lowest BCUT2D eigenvalue weighted by molar-refractivity contribution is 0.356. The molecule has 0 aliphatic carbocycles. The summed E-state index contributed by atoms with van der Waals surface area (Å²) in [6.07, 6.45) is 2.45. The second kappa shape index (κ2) is 6.59. The van der Waals surface area contributed by atoms with Crippen LogP contribution in [0.25, 0.3) is 11.3 Å². The molecule has 1 aliphatic rings. The first-order valence-corrected chi connectivity index (χ1v) is 10.3. The quantitative estimate of drug-likeness (QED) is 0.747. The maximum Gasteiger partial charge on any atom is 0.240 e. The molecule has 0 fully saturated rings. The number of nitrogens with zero attached hydrogens (tertiary/aromatic N) is 1. The number of rotatable bonds is 5. The molecule has 0 radical (unpaired) electrons. The molecule has 25 heavy (non-hydrogen) atoms. The molecule has 0 saturated carbocycles. The van der Waals surface area contributed by atoms with Crippen molar-refractivity contribution in [1.82, 2.24) is 9.71 Å². The average Bonchev–Trinajstić information content (AvgIpc) is 3.31. The molecule has 1 N–H and O–H groups in total. The van der Waals surface area contributed by atoms with E-state index in [1.807, 2.05) is 29.0 Å². The molecule has 0 spiro atoms. The van der Waals surface area contributed by atoms with E-state index in [0.717, 1.165) is 34.6 Å². The van der Waals surface area contributed by atoms with Crippen molar-refractivity contribution < 1.29 is 13.2 Å². The zero-order valence-corrected chi connectivity index (χ0v) is 14.9. The summed E-state index contributed by atoms with van der Waals surface area (Å²) < 4.78 is 33.4. The Morgan fingerprint density at radius 3 is 3.00 bits per heavy atom. The Labute approximate surface area is 150 Å². The van der Waals surface area contributed by atoms with Crippen LogP contribution in [0.2, 0.25) is 0 Å². The van der Waals surface area contributed by atoms with E-state index in [9.17, 15) is 8.42 Å². The lowest BCUT2D eigenvalue weighted by Crippen LogP contribution is -2.23. The minimum atomic E-state index is -3.60. The number of fused-ring (bicyclic) bond motifs is 1. The molecular formula is C18H16N2O3S2. The summed E-state index contributed by atoms with van der Waals surface area (Å²) >= 11 is 1.58. The lowest BCUT2D eigenvalue weighted by Gasteiger charge is -2.10. The number of nitrogens with one attached hydrogen (secondary N) is 1. The summed E-state index contributed by atoms with van der Waals surface area (Å²) in [5.74, 6) is 0.769.